The van der Waals surface area contributed by atoms with Crippen molar-refractivity contribution in [2.75, 3.05) is 5.32 Å². The molecule has 128 valence electrons. The van der Waals surface area contributed by atoms with E-state index in [1.54, 1.807) is 36.5 Å². The van der Waals surface area contributed by atoms with Crippen LogP contribution in [0.1, 0.15) is 15.9 Å². The van der Waals surface area contributed by atoms with E-state index in [0.717, 1.165) is 16.8 Å². The third kappa shape index (κ3) is 3.02. The van der Waals surface area contributed by atoms with Crippen molar-refractivity contribution in [1.29, 1.82) is 0 Å². The molecule has 2 N–H and O–H groups in total. The molecule has 0 unspecified atom stereocenters. The van der Waals surface area contributed by atoms with Gasteiger partial charge in [0.2, 0.25) is 0 Å². The molecule has 26 heavy (non-hydrogen) atoms. The number of anilines is 1. The molecule has 4 aromatic rings. The molecule has 0 atom stereocenters. The maximum absolute atomic E-state index is 12.5. The van der Waals surface area contributed by atoms with Crippen LogP contribution in [-0.4, -0.2) is 20.4 Å². The first-order valence-electron chi connectivity index (χ1n) is 8.25. The molecule has 2 heterocycles. The zero-order valence-electron chi connectivity index (χ0n) is 14.2. The third-order valence-corrected chi connectivity index (χ3v) is 4.19. The average molecular weight is 343 g/mol. The summed E-state index contributed by atoms with van der Waals surface area (Å²) in [5, 5.41) is 12.6. The molecule has 0 saturated heterocycles. The number of pyridine rings is 1. The van der Waals surface area contributed by atoms with E-state index in [-0.39, 0.29) is 11.7 Å². The van der Waals surface area contributed by atoms with Crippen LogP contribution in [0.5, 0.6) is 5.75 Å². The summed E-state index contributed by atoms with van der Waals surface area (Å²) in [6, 6.07) is 18.4. The number of rotatable bonds is 3. The number of aromatic nitrogens is 2. The minimum Gasteiger partial charge on any atom is -0.506 e. The van der Waals surface area contributed by atoms with Crippen LogP contribution >= 0.6 is 0 Å². The third-order valence-electron chi connectivity index (χ3n) is 4.19. The minimum atomic E-state index is -0.294. The molecule has 2 aromatic carbocycles. The van der Waals surface area contributed by atoms with Crippen LogP contribution in [0, 0.1) is 6.92 Å². The van der Waals surface area contributed by atoms with Gasteiger partial charge in [-0.2, -0.15) is 0 Å². The first kappa shape index (κ1) is 15.9. The first-order valence-corrected chi connectivity index (χ1v) is 8.25. The standard InChI is InChI=1S/C21H17N3O2/c1-14-7-8-19(25)17(11-14)23-21(26)16-9-10-24-13-18(22-20(24)12-16)15-5-3-2-4-6-15/h2-13,25H,1H3,(H,23,26). The second kappa shape index (κ2) is 6.37. The number of nitrogens with zero attached hydrogens (tertiary/aromatic N) is 2. The van der Waals surface area contributed by atoms with Crippen LogP contribution in [-0.2, 0) is 0 Å². The van der Waals surface area contributed by atoms with E-state index in [9.17, 15) is 9.90 Å². The predicted molar refractivity (Wildman–Crippen MR) is 101 cm³/mol. The molecular formula is C21H17N3O2. The molecule has 0 aliphatic rings. The minimum absolute atomic E-state index is 0.0391. The van der Waals surface area contributed by atoms with E-state index in [4.69, 9.17) is 0 Å². The lowest BCUT2D eigenvalue weighted by Crippen LogP contribution is -2.12. The number of nitrogens with one attached hydrogen (secondary N) is 1. The normalized spacial score (nSPS) is 10.8. The number of benzene rings is 2. The topological polar surface area (TPSA) is 66.6 Å². The Balaban J connectivity index is 1.64. The van der Waals surface area contributed by atoms with Gasteiger partial charge in [-0.15, -0.1) is 0 Å². The molecule has 4 rings (SSSR count). The lowest BCUT2D eigenvalue weighted by atomic mass is 10.2. The summed E-state index contributed by atoms with van der Waals surface area (Å²) < 4.78 is 1.88. The fourth-order valence-corrected chi connectivity index (χ4v) is 2.82. The van der Waals surface area contributed by atoms with Crippen LogP contribution in [0.2, 0.25) is 0 Å². The number of amides is 1. The van der Waals surface area contributed by atoms with Crippen LogP contribution < -0.4 is 5.32 Å². The van der Waals surface area contributed by atoms with Crippen molar-refractivity contribution < 1.29 is 9.90 Å². The number of phenolic OH excluding ortho intramolecular Hbond substituents is 1. The van der Waals surface area contributed by atoms with Gasteiger partial charge < -0.3 is 14.8 Å². The van der Waals surface area contributed by atoms with Crippen LogP contribution in [0.25, 0.3) is 16.9 Å². The smallest absolute Gasteiger partial charge is 0.255 e. The SMILES string of the molecule is Cc1ccc(O)c(NC(=O)c2ccn3cc(-c4ccccc4)nc3c2)c1. The van der Waals surface area contributed by atoms with E-state index in [1.807, 2.05) is 47.9 Å². The van der Waals surface area contributed by atoms with Gasteiger partial charge in [0.05, 0.1) is 11.4 Å². The van der Waals surface area contributed by atoms with E-state index in [0.29, 0.717) is 16.9 Å². The maximum atomic E-state index is 12.5. The summed E-state index contributed by atoms with van der Waals surface area (Å²) in [5.41, 5.74) is 4.37. The Labute approximate surface area is 150 Å². The fourth-order valence-electron chi connectivity index (χ4n) is 2.82. The van der Waals surface area contributed by atoms with Gasteiger partial charge in [0, 0.05) is 23.5 Å². The van der Waals surface area contributed by atoms with Gasteiger partial charge in [0.15, 0.2) is 0 Å². The molecule has 0 saturated carbocycles. The first-order chi connectivity index (χ1) is 12.6. The number of hydrogen-bond donors (Lipinski definition) is 2. The summed E-state index contributed by atoms with van der Waals surface area (Å²) in [4.78, 5) is 17.1. The Morgan fingerprint density at radius 2 is 1.88 bits per heavy atom. The molecule has 0 fully saturated rings. The highest BCUT2D eigenvalue weighted by Crippen LogP contribution is 2.25. The zero-order chi connectivity index (χ0) is 18.1. The van der Waals surface area contributed by atoms with E-state index in [2.05, 4.69) is 10.3 Å². The van der Waals surface area contributed by atoms with E-state index < -0.39 is 0 Å². The number of aryl methyl sites for hydroxylation is 1. The van der Waals surface area contributed by atoms with Gasteiger partial charge in [0.25, 0.3) is 5.91 Å². The molecule has 0 spiro atoms. The second-order valence-corrected chi connectivity index (χ2v) is 6.15. The Kier molecular flexibility index (Phi) is 3.89. The quantitative estimate of drug-likeness (QED) is 0.546. The molecule has 0 bridgehead atoms. The molecule has 2 aromatic heterocycles. The van der Waals surface area contributed by atoms with Crippen LogP contribution in [0.3, 0.4) is 0 Å². The summed E-state index contributed by atoms with van der Waals surface area (Å²) in [6.45, 7) is 1.90. The molecule has 1 amide bonds. The number of phenols is 1. The Morgan fingerprint density at radius 1 is 1.08 bits per heavy atom. The number of imidazole rings is 1. The van der Waals surface area contributed by atoms with Crippen LogP contribution in [0.4, 0.5) is 5.69 Å². The molecule has 0 radical (unpaired) electrons. The lowest BCUT2D eigenvalue weighted by Gasteiger charge is -2.08. The second-order valence-electron chi connectivity index (χ2n) is 6.15. The van der Waals surface area contributed by atoms with Crippen molar-refractivity contribution in [1.82, 2.24) is 9.38 Å². The molecule has 5 heteroatoms. The van der Waals surface area contributed by atoms with Gasteiger partial charge in [-0.05, 0) is 36.8 Å². The van der Waals surface area contributed by atoms with Gasteiger partial charge in [-0.3, -0.25) is 4.79 Å². The van der Waals surface area contributed by atoms with E-state index in [1.165, 1.54) is 0 Å². The molecular weight excluding hydrogens is 326 g/mol. The number of aromatic hydroxyl groups is 1. The fraction of sp³-hybridized carbons (Fsp3) is 0.0476. The zero-order valence-corrected chi connectivity index (χ0v) is 14.2. The highest BCUT2D eigenvalue weighted by atomic mass is 16.3. The highest BCUT2D eigenvalue weighted by molar-refractivity contribution is 6.05. The van der Waals surface area contributed by atoms with E-state index >= 15 is 0 Å². The Morgan fingerprint density at radius 3 is 2.69 bits per heavy atom. The van der Waals surface area contributed by atoms with Crippen molar-refractivity contribution in [3.05, 3.63) is 84.2 Å². The molecule has 0 aliphatic heterocycles. The average Bonchev–Trinajstić information content (AvgIpc) is 3.08. The summed E-state index contributed by atoms with van der Waals surface area (Å²) in [5.74, 6) is -0.255. The Hall–Kier alpha value is -3.60. The van der Waals surface area contributed by atoms with Crippen LogP contribution in [0.15, 0.2) is 73.1 Å². The number of fused-ring (bicyclic) bond motifs is 1. The van der Waals surface area contributed by atoms with Gasteiger partial charge in [-0.25, -0.2) is 4.98 Å². The Bertz CT molecular complexity index is 1100. The lowest BCUT2D eigenvalue weighted by molar-refractivity contribution is 0.102. The summed E-state index contributed by atoms with van der Waals surface area (Å²) in [7, 11) is 0. The van der Waals surface area contributed by atoms with Gasteiger partial charge in [-0.1, -0.05) is 36.4 Å². The highest BCUT2D eigenvalue weighted by Gasteiger charge is 2.11. The monoisotopic (exact) mass is 343 g/mol. The largest absolute Gasteiger partial charge is 0.506 e. The van der Waals surface area contributed by atoms with Crippen molar-refractivity contribution in [2.45, 2.75) is 6.92 Å². The molecule has 0 aliphatic carbocycles. The van der Waals surface area contributed by atoms with Crippen molar-refractivity contribution in [3.63, 3.8) is 0 Å². The van der Waals surface area contributed by atoms with Crippen molar-refractivity contribution >= 4 is 17.2 Å². The summed E-state index contributed by atoms with van der Waals surface area (Å²) >= 11 is 0. The van der Waals surface area contributed by atoms with Crippen molar-refractivity contribution in [3.8, 4) is 17.0 Å². The molecule has 5 nitrogen and oxygen atoms in total. The summed E-state index contributed by atoms with van der Waals surface area (Å²) in [6.07, 6.45) is 3.73. The van der Waals surface area contributed by atoms with Crippen molar-refractivity contribution in [2.24, 2.45) is 0 Å². The maximum Gasteiger partial charge on any atom is 0.255 e. The number of carbonyl (C=O) groups excluding carboxylic acids is 1. The number of carbonyl (C=O) groups is 1. The van der Waals surface area contributed by atoms with Gasteiger partial charge in [0.1, 0.15) is 11.4 Å². The number of hydrogen-bond acceptors (Lipinski definition) is 3. The predicted octanol–water partition coefficient (Wildman–Crippen LogP) is 4.27. The van der Waals surface area contributed by atoms with Gasteiger partial charge >= 0.3 is 0 Å².